The summed E-state index contributed by atoms with van der Waals surface area (Å²) in [5.41, 5.74) is 15.9. The Labute approximate surface area is 61.4 Å². The van der Waals surface area contributed by atoms with E-state index in [0.717, 1.165) is 0 Å². The average Bonchev–Trinajstić information content (AvgIpc) is 1.99. The summed E-state index contributed by atoms with van der Waals surface area (Å²) in [6.45, 7) is 1.33. The maximum absolute atomic E-state index is 9.05. The Balaban J connectivity index is 3.41. The third kappa shape index (κ3) is 3.79. The minimum Gasteiger partial charge on any atom is -0.392 e. The predicted molar refractivity (Wildman–Crippen MR) is 41.3 cm³/mol. The van der Waals surface area contributed by atoms with Crippen molar-refractivity contribution in [2.24, 2.45) is 23.1 Å². The quantitative estimate of drug-likeness (QED) is 0.370. The van der Waals surface area contributed by atoms with Gasteiger partial charge in [-0.15, -0.1) is 0 Å². The molecule has 0 bridgehead atoms. The molecule has 0 aromatic carbocycles. The summed E-state index contributed by atoms with van der Waals surface area (Å²) in [5.74, 6) is 0.207. The molecule has 0 aromatic rings. The van der Waals surface area contributed by atoms with E-state index in [-0.39, 0.29) is 12.5 Å². The van der Waals surface area contributed by atoms with Gasteiger partial charge in [0, 0.05) is 6.54 Å². The molecule has 0 aliphatic rings. The molecule has 4 nitrogen and oxygen atoms in total. The third-order valence-electron chi connectivity index (χ3n) is 1.54. The summed E-state index contributed by atoms with van der Waals surface area (Å²) in [5, 5.41) is 9.05. The van der Waals surface area contributed by atoms with Gasteiger partial charge >= 0.3 is 0 Å². The van der Waals surface area contributed by atoms with Gasteiger partial charge in [0.15, 0.2) is 0 Å². The van der Waals surface area contributed by atoms with E-state index in [9.17, 15) is 0 Å². The molecule has 1 unspecified atom stereocenters. The fourth-order valence-corrected chi connectivity index (χ4v) is 0.770. The van der Waals surface area contributed by atoms with Crippen LogP contribution in [-0.4, -0.2) is 30.8 Å². The number of hydrogen-bond donors (Lipinski definition) is 4. The van der Waals surface area contributed by atoms with E-state index in [1.807, 2.05) is 0 Å². The molecule has 4 heteroatoms. The molecule has 0 fully saturated rings. The third-order valence-corrected chi connectivity index (χ3v) is 1.54. The van der Waals surface area contributed by atoms with Crippen LogP contribution in [0, 0.1) is 5.92 Å². The summed E-state index contributed by atoms with van der Waals surface area (Å²) < 4.78 is 0. The highest BCUT2D eigenvalue weighted by Crippen LogP contribution is 2.01. The molecule has 0 spiro atoms. The van der Waals surface area contributed by atoms with Gasteiger partial charge in [-0.25, -0.2) is 0 Å². The van der Waals surface area contributed by atoms with Crippen molar-refractivity contribution in [2.45, 2.75) is 12.5 Å². The first-order valence-corrected chi connectivity index (χ1v) is 3.52. The van der Waals surface area contributed by atoms with E-state index < -0.39 is 6.10 Å². The Bertz CT molecular complexity index is 75.4. The zero-order valence-electron chi connectivity index (χ0n) is 6.16. The van der Waals surface area contributed by atoms with Gasteiger partial charge in [0.1, 0.15) is 0 Å². The highest BCUT2D eigenvalue weighted by molar-refractivity contribution is 4.66. The van der Waals surface area contributed by atoms with E-state index in [4.69, 9.17) is 22.3 Å². The lowest BCUT2D eigenvalue weighted by molar-refractivity contribution is 0.152. The van der Waals surface area contributed by atoms with Gasteiger partial charge in [-0.05, 0) is 25.4 Å². The van der Waals surface area contributed by atoms with Crippen molar-refractivity contribution < 1.29 is 5.11 Å². The minimum atomic E-state index is -0.447. The summed E-state index contributed by atoms with van der Waals surface area (Å²) in [7, 11) is 0. The van der Waals surface area contributed by atoms with Crippen LogP contribution >= 0.6 is 0 Å². The fourth-order valence-electron chi connectivity index (χ4n) is 0.770. The second-order valence-corrected chi connectivity index (χ2v) is 2.46. The molecule has 10 heavy (non-hydrogen) atoms. The molecule has 0 amide bonds. The maximum atomic E-state index is 9.05. The van der Waals surface area contributed by atoms with Crippen LogP contribution in [0.2, 0.25) is 0 Å². The molecule has 0 rings (SSSR count). The van der Waals surface area contributed by atoms with Crippen molar-refractivity contribution in [3.05, 3.63) is 0 Å². The first kappa shape index (κ1) is 9.84. The standard InChI is InChI=1S/C6H17N3O/c7-2-5(3-8)1-6(10)4-9/h5-6,10H,1-4,7-9H2. The van der Waals surface area contributed by atoms with Gasteiger partial charge in [0.25, 0.3) is 0 Å². The van der Waals surface area contributed by atoms with E-state index in [1.54, 1.807) is 0 Å². The zero-order chi connectivity index (χ0) is 7.98. The van der Waals surface area contributed by atoms with Gasteiger partial charge < -0.3 is 22.3 Å². The van der Waals surface area contributed by atoms with Crippen LogP contribution in [-0.2, 0) is 0 Å². The lowest BCUT2D eigenvalue weighted by Crippen LogP contribution is -2.30. The van der Waals surface area contributed by atoms with Crippen molar-refractivity contribution in [1.29, 1.82) is 0 Å². The van der Waals surface area contributed by atoms with Crippen molar-refractivity contribution in [2.75, 3.05) is 19.6 Å². The van der Waals surface area contributed by atoms with Crippen LogP contribution in [0.1, 0.15) is 6.42 Å². The second-order valence-electron chi connectivity index (χ2n) is 2.46. The molecule has 7 N–H and O–H groups in total. The van der Waals surface area contributed by atoms with E-state index in [1.165, 1.54) is 0 Å². The van der Waals surface area contributed by atoms with Gasteiger partial charge in [0.05, 0.1) is 6.10 Å². The molecule has 0 aliphatic carbocycles. The predicted octanol–water partition coefficient (Wildman–Crippen LogP) is -1.77. The van der Waals surface area contributed by atoms with Crippen LogP contribution in [0.4, 0.5) is 0 Å². The van der Waals surface area contributed by atoms with E-state index in [2.05, 4.69) is 0 Å². The average molecular weight is 147 g/mol. The molecule has 0 saturated carbocycles. The van der Waals surface area contributed by atoms with Gasteiger partial charge in [-0.2, -0.15) is 0 Å². The maximum Gasteiger partial charge on any atom is 0.0666 e. The van der Waals surface area contributed by atoms with Crippen LogP contribution in [0.15, 0.2) is 0 Å². The topological polar surface area (TPSA) is 98.3 Å². The highest BCUT2D eigenvalue weighted by atomic mass is 16.3. The lowest BCUT2D eigenvalue weighted by atomic mass is 10.0. The Morgan fingerprint density at radius 3 is 1.80 bits per heavy atom. The summed E-state index contributed by atoms with van der Waals surface area (Å²) in [6, 6.07) is 0. The minimum absolute atomic E-state index is 0.207. The second kappa shape index (κ2) is 5.61. The van der Waals surface area contributed by atoms with Crippen molar-refractivity contribution in [3.8, 4) is 0 Å². The monoisotopic (exact) mass is 147 g/mol. The number of rotatable bonds is 5. The van der Waals surface area contributed by atoms with Crippen LogP contribution in [0.3, 0.4) is 0 Å². The molecule has 62 valence electrons. The molecule has 1 atom stereocenters. The fraction of sp³-hybridized carbons (Fsp3) is 1.00. The Morgan fingerprint density at radius 2 is 1.50 bits per heavy atom. The number of aliphatic hydroxyl groups is 1. The molecular formula is C6H17N3O. The van der Waals surface area contributed by atoms with E-state index >= 15 is 0 Å². The molecule has 0 saturated heterocycles. The van der Waals surface area contributed by atoms with E-state index in [0.29, 0.717) is 19.5 Å². The first-order chi connectivity index (χ1) is 4.74. The summed E-state index contributed by atoms with van der Waals surface area (Å²) in [4.78, 5) is 0. The molecule has 0 radical (unpaired) electrons. The molecule has 0 aromatic heterocycles. The number of hydrogen-bond acceptors (Lipinski definition) is 4. The van der Waals surface area contributed by atoms with Crippen LogP contribution < -0.4 is 17.2 Å². The lowest BCUT2D eigenvalue weighted by Gasteiger charge is -2.14. The van der Waals surface area contributed by atoms with Gasteiger partial charge in [-0.3, -0.25) is 0 Å². The zero-order valence-corrected chi connectivity index (χ0v) is 6.16. The smallest absolute Gasteiger partial charge is 0.0666 e. The SMILES string of the molecule is NCC(O)CC(CN)CN. The van der Waals surface area contributed by atoms with Gasteiger partial charge in [-0.1, -0.05) is 0 Å². The number of nitrogens with two attached hydrogens (primary N) is 3. The van der Waals surface area contributed by atoms with Crippen LogP contribution in [0.25, 0.3) is 0 Å². The Morgan fingerprint density at radius 1 is 1.00 bits per heavy atom. The normalized spacial score (nSPS) is 14.1. The van der Waals surface area contributed by atoms with Crippen molar-refractivity contribution >= 4 is 0 Å². The molecular weight excluding hydrogens is 130 g/mol. The molecule has 0 heterocycles. The van der Waals surface area contributed by atoms with Crippen molar-refractivity contribution in [3.63, 3.8) is 0 Å². The highest BCUT2D eigenvalue weighted by Gasteiger charge is 2.09. The Kier molecular flexibility index (Phi) is 5.52. The largest absolute Gasteiger partial charge is 0.392 e. The number of aliphatic hydroxyl groups excluding tert-OH is 1. The first-order valence-electron chi connectivity index (χ1n) is 3.52. The summed E-state index contributed by atoms with van der Waals surface area (Å²) in [6.07, 6.45) is 0.167. The Hall–Kier alpha value is -0.160. The van der Waals surface area contributed by atoms with Crippen LogP contribution in [0.5, 0.6) is 0 Å². The van der Waals surface area contributed by atoms with Gasteiger partial charge in [0.2, 0.25) is 0 Å². The molecule has 0 aliphatic heterocycles. The summed E-state index contributed by atoms with van der Waals surface area (Å²) >= 11 is 0. The van der Waals surface area contributed by atoms with Crippen molar-refractivity contribution in [1.82, 2.24) is 0 Å².